The molecule has 0 spiro atoms. The lowest BCUT2D eigenvalue weighted by Gasteiger charge is -2.19. The van der Waals surface area contributed by atoms with Crippen molar-refractivity contribution in [3.05, 3.63) is 28.2 Å². The fourth-order valence-corrected chi connectivity index (χ4v) is 2.61. The number of halogens is 1. The first-order valence-corrected chi connectivity index (χ1v) is 6.70. The van der Waals surface area contributed by atoms with Crippen LogP contribution >= 0.6 is 15.9 Å². The number of benzene rings is 1. The predicted octanol–water partition coefficient (Wildman–Crippen LogP) is 3.03. The molecule has 1 fully saturated rings. The van der Waals surface area contributed by atoms with Crippen LogP contribution in [0.1, 0.15) is 30.9 Å². The molecule has 0 amide bonds. The first-order valence-electron chi connectivity index (χ1n) is 5.91. The lowest BCUT2D eigenvalue weighted by Crippen LogP contribution is -2.19. The summed E-state index contributed by atoms with van der Waals surface area (Å²) in [6.45, 7) is 0.868. The first kappa shape index (κ1) is 12.9. The molecule has 2 unspecified atom stereocenters. The van der Waals surface area contributed by atoms with Gasteiger partial charge in [0.1, 0.15) is 5.75 Å². The van der Waals surface area contributed by atoms with Crippen molar-refractivity contribution in [3.8, 4) is 5.75 Å². The molecule has 1 aliphatic heterocycles. The molecule has 2 rings (SSSR count). The second-order valence-corrected chi connectivity index (χ2v) is 5.28. The number of nitrogens with two attached hydrogens (primary N) is 1. The molecular formula is C13H18BrNO2. The van der Waals surface area contributed by atoms with E-state index in [1.54, 1.807) is 7.11 Å². The molecule has 1 aromatic carbocycles. The van der Waals surface area contributed by atoms with Gasteiger partial charge in [-0.3, -0.25) is 0 Å². The first-order chi connectivity index (χ1) is 8.20. The van der Waals surface area contributed by atoms with Crippen molar-refractivity contribution >= 4 is 15.9 Å². The third kappa shape index (κ3) is 3.21. The van der Waals surface area contributed by atoms with E-state index in [2.05, 4.69) is 15.9 Å². The average molecular weight is 300 g/mol. The number of rotatable bonds is 4. The lowest BCUT2D eigenvalue weighted by atomic mass is 9.99. The molecule has 1 saturated heterocycles. The summed E-state index contributed by atoms with van der Waals surface area (Å²) in [5.74, 6) is 0.846. The Morgan fingerprint density at radius 3 is 3.06 bits per heavy atom. The molecule has 0 aliphatic carbocycles. The van der Waals surface area contributed by atoms with Gasteiger partial charge in [-0.2, -0.15) is 0 Å². The number of methoxy groups -OCH3 is 1. The Balaban J connectivity index is 2.11. The Morgan fingerprint density at radius 1 is 1.59 bits per heavy atom. The third-order valence-electron chi connectivity index (χ3n) is 3.13. The molecule has 1 aromatic rings. The molecule has 0 radical (unpaired) electrons. The van der Waals surface area contributed by atoms with Crippen LogP contribution in [0, 0.1) is 0 Å². The van der Waals surface area contributed by atoms with Crippen molar-refractivity contribution in [3.63, 3.8) is 0 Å². The van der Waals surface area contributed by atoms with Gasteiger partial charge in [0.05, 0.1) is 13.2 Å². The topological polar surface area (TPSA) is 44.5 Å². The minimum absolute atomic E-state index is 0.0365. The predicted molar refractivity (Wildman–Crippen MR) is 71.2 cm³/mol. The van der Waals surface area contributed by atoms with E-state index in [0.29, 0.717) is 6.10 Å². The minimum Gasteiger partial charge on any atom is -0.496 e. The van der Waals surface area contributed by atoms with E-state index < -0.39 is 0 Å². The minimum atomic E-state index is -0.0365. The Hall–Kier alpha value is -0.580. The molecule has 3 nitrogen and oxygen atoms in total. The van der Waals surface area contributed by atoms with Gasteiger partial charge in [0.15, 0.2) is 0 Å². The van der Waals surface area contributed by atoms with Gasteiger partial charge in [-0.15, -0.1) is 0 Å². The number of hydrogen-bond acceptors (Lipinski definition) is 3. The van der Waals surface area contributed by atoms with E-state index in [1.807, 2.05) is 18.2 Å². The molecule has 2 atom stereocenters. The van der Waals surface area contributed by atoms with Crippen molar-refractivity contribution in [2.24, 2.45) is 5.73 Å². The molecule has 4 heteroatoms. The summed E-state index contributed by atoms with van der Waals surface area (Å²) in [6.07, 6.45) is 3.41. The van der Waals surface area contributed by atoms with Crippen LogP contribution in [0.25, 0.3) is 0 Å². The SMILES string of the molecule is COc1ccc(Br)cc1C(N)CC1CCCO1. The maximum Gasteiger partial charge on any atom is 0.123 e. The van der Waals surface area contributed by atoms with Gasteiger partial charge >= 0.3 is 0 Å². The van der Waals surface area contributed by atoms with E-state index in [9.17, 15) is 0 Å². The van der Waals surface area contributed by atoms with Crippen LogP contribution in [0.2, 0.25) is 0 Å². The zero-order valence-corrected chi connectivity index (χ0v) is 11.6. The van der Waals surface area contributed by atoms with Crippen LogP contribution < -0.4 is 10.5 Å². The summed E-state index contributed by atoms with van der Waals surface area (Å²) in [7, 11) is 1.67. The highest BCUT2D eigenvalue weighted by Crippen LogP contribution is 2.31. The summed E-state index contributed by atoms with van der Waals surface area (Å²) in [4.78, 5) is 0. The van der Waals surface area contributed by atoms with Gasteiger partial charge in [-0.25, -0.2) is 0 Å². The molecule has 0 saturated carbocycles. The molecule has 94 valence electrons. The summed E-state index contributed by atoms with van der Waals surface area (Å²) in [5, 5.41) is 0. The van der Waals surface area contributed by atoms with E-state index in [-0.39, 0.29) is 6.04 Å². The zero-order chi connectivity index (χ0) is 12.3. The monoisotopic (exact) mass is 299 g/mol. The van der Waals surface area contributed by atoms with Crippen LogP contribution in [0.15, 0.2) is 22.7 Å². The highest BCUT2D eigenvalue weighted by Gasteiger charge is 2.21. The Labute approximate surface area is 110 Å². The smallest absolute Gasteiger partial charge is 0.123 e. The van der Waals surface area contributed by atoms with Gasteiger partial charge in [0.25, 0.3) is 0 Å². The standard InChI is InChI=1S/C13H18BrNO2/c1-16-13-5-4-9(14)7-11(13)12(15)8-10-3-2-6-17-10/h4-5,7,10,12H,2-3,6,8,15H2,1H3. The molecule has 1 aliphatic rings. The summed E-state index contributed by atoms with van der Waals surface area (Å²) >= 11 is 3.46. The number of hydrogen-bond donors (Lipinski definition) is 1. The van der Waals surface area contributed by atoms with E-state index in [1.165, 1.54) is 0 Å². The molecule has 17 heavy (non-hydrogen) atoms. The van der Waals surface area contributed by atoms with E-state index >= 15 is 0 Å². The van der Waals surface area contributed by atoms with Crippen molar-refractivity contribution in [1.29, 1.82) is 0 Å². The normalized spacial score (nSPS) is 21.5. The van der Waals surface area contributed by atoms with Crippen molar-refractivity contribution in [2.45, 2.75) is 31.4 Å². The van der Waals surface area contributed by atoms with Gasteiger partial charge in [-0.1, -0.05) is 15.9 Å². The molecular weight excluding hydrogens is 282 g/mol. The van der Waals surface area contributed by atoms with Crippen LogP contribution in [0.5, 0.6) is 5.75 Å². The Bertz CT molecular complexity index is 378. The highest BCUT2D eigenvalue weighted by atomic mass is 79.9. The van der Waals surface area contributed by atoms with Crippen LogP contribution in [-0.4, -0.2) is 19.8 Å². The van der Waals surface area contributed by atoms with Gasteiger partial charge in [-0.05, 0) is 37.5 Å². The fraction of sp³-hybridized carbons (Fsp3) is 0.538. The summed E-state index contributed by atoms with van der Waals surface area (Å²) in [5.41, 5.74) is 7.28. The molecule has 1 heterocycles. The van der Waals surface area contributed by atoms with Crippen molar-refractivity contribution < 1.29 is 9.47 Å². The lowest BCUT2D eigenvalue weighted by molar-refractivity contribution is 0.0981. The fourth-order valence-electron chi connectivity index (χ4n) is 2.24. The Kier molecular flexibility index (Phi) is 4.42. The van der Waals surface area contributed by atoms with Crippen LogP contribution in [0.4, 0.5) is 0 Å². The molecule has 0 bridgehead atoms. The maximum absolute atomic E-state index is 6.24. The second kappa shape index (κ2) is 5.85. The molecule has 0 aromatic heterocycles. The largest absolute Gasteiger partial charge is 0.496 e. The Morgan fingerprint density at radius 2 is 2.41 bits per heavy atom. The summed E-state index contributed by atoms with van der Waals surface area (Å²) < 4.78 is 12.0. The van der Waals surface area contributed by atoms with E-state index in [0.717, 1.165) is 41.7 Å². The van der Waals surface area contributed by atoms with Crippen LogP contribution in [-0.2, 0) is 4.74 Å². The van der Waals surface area contributed by atoms with Crippen molar-refractivity contribution in [2.75, 3.05) is 13.7 Å². The number of ether oxygens (including phenoxy) is 2. The van der Waals surface area contributed by atoms with Crippen LogP contribution in [0.3, 0.4) is 0 Å². The summed E-state index contributed by atoms with van der Waals surface area (Å²) in [6, 6.07) is 5.89. The zero-order valence-electron chi connectivity index (χ0n) is 9.99. The average Bonchev–Trinajstić information content (AvgIpc) is 2.81. The second-order valence-electron chi connectivity index (χ2n) is 4.36. The third-order valence-corrected chi connectivity index (χ3v) is 3.63. The highest BCUT2D eigenvalue weighted by molar-refractivity contribution is 9.10. The van der Waals surface area contributed by atoms with Crippen molar-refractivity contribution in [1.82, 2.24) is 0 Å². The maximum atomic E-state index is 6.24. The van der Waals surface area contributed by atoms with Gasteiger partial charge in [0, 0.05) is 22.7 Å². The van der Waals surface area contributed by atoms with Gasteiger partial charge < -0.3 is 15.2 Å². The molecule has 2 N–H and O–H groups in total. The quantitative estimate of drug-likeness (QED) is 0.929. The van der Waals surface area contributed by atoms with Gasteiger partial charge in [0.2, 0.25) is 0 Å². The van der Waals surface area contributed by atoms with E-state index in [4.69, 9.17) is 15.2 Å².